The molecule has 0 nitrogen and oxygen atoms in total. The molecule has 0 radical (unpaired) electrons. The molecule has 46 heavy (non-hydrogen) atoms. The summed E-state index contributed by atoms with van der Waals surface area (Å²) in [6.45, 7) is 13.1. The van der Waals surface area contributed by atoms with E-state index in [0.29, 0.717) is 0 Å². The van der Waals surface area contributed by atoms with Crippen molar-refractivity contribution in [2.24, 2.45) is 0 Å². The molecule has 0 saturated carbocycles. The Hall–Kier alpha value is -4.68. The zero-order chi connectivity index (χ0) is 31.2. The summed E-state index contributed by atoms with van der Waals surface area (Å²) in [4.78, 5) is 0. The van der Waals surface area contributed by atoms with Gasteiger partial charge >= 0.3 is 0 Å². The van der Waals surface area contributed by atoms with E-state index >= 15 is 0 Å². The van der Waals surface area contributed by atoms with Crippen molar-refractivity contribution < 1.29 is 0 Å². The Kier molecular flexibility index (Phi) is 8.58. The van der Waals surface area contributed by atoms with Crippen LogP contribution in [-0.4, -0.2) is 0 Å². The van der Waals surface area contributed by atoms with Crippen molar-refractivity contribution in [2.45, 2.75) is 68.2 Å². The summed E-state index contributed by atoms with van der Waals surface area (Å²) < 4.78 is 0. The Morgan fingerprint density at radius 2 is 0.717 bits per heavy atom. The molecule has 0 bridgehead atoms. The first-order chi connectivity index (χ1) is 21.7. The number of aryl methyl sites for hydroxylation is 6. The van der Waals surface area contributed by atoms with Gasteiger partial charge in [0.25, 0.3) is 0 Å². The molecule has 0 heterocycles. The van der Waals surface area contributed by atoms with E-state index in [0.717, 1.165) is 19.3 Å². The summed E-state index contributed by atoms with van der Waals surface area (Å²) in [5.74, 6) is 0. The van der Waals surface area contributed by atoms with Gasteiger partial charge in [-0.2, -0.15) is 0 Å². The average Bonchev–Trinajstić information content (AvgIpc) is 3.69. The second kappa shape index (κ2) is 12.6. The van der Waals surface area contributed by atoms with Crippen LogP contribution in [0.3, 0.4) is 0 Å². The minimum absolute atomic E-state index is 0. The van der Waals surface area contributed by atoms with Gasteiger partial charge in [0.05, 0.1) is 0 Å². The van der Waals surface area contributed by atoms with Gasteiger partial charge in [-0.3, -0.25) is 0 Å². The van der Waals surface area contributed by atoms with Gasteiger partial charge in [0.1, 0.15) is 0 Å². The summed E-state index contributed by atoms with van der Waals surface area (Å²) >= 11 is 0. The normalized spacial score (nSPS) is 12.1. The molecule has 0 unspecified atom stereocenters. The van der Waals surface area contributed by atoms with E-state index in [1.165, 1.54) is 100 Å². The monoisotopic (exact) mass is 598 g/mol. The summed E-state index contributed by atoms with van der Waals surface area (Å²) in [5.41, 5.74) is 25.8. The van der Waals surface area contributed by atoms with Gasteiger partial charge in [-0.1, -0.05) is 139 Å². The summed E-state index contributed by atoms with van der Waals surface area (Å²) in [7, 11) is 0. The Morgan fingerprint density at radius 3 is 1.17 bits per heavy atom. The Balaban J connectivity index is 0.000000120. The van der Waals surface area contributed by atoms with Gasteiger partial charge in [0.2, 0.25) is 0 Å². The van der Waals surface area contributed by atoms with E-state index in [1.54, 1.807) is 0 Å². The third-order valence-corrected chi connectivity index (χ3v) is 9.86. The van der Waals surface area contributed by atoms with Crippen LogP contribution >= 0.6 is 0 Å². The fourth-order valence-corrected chi connectivity index (χ4v) is 7.42. The first-order valence-corrected chi connectivity index (χ1v) is 16.3. The van der Waals surface area contributed by atoms with Crippen molar-refractivity contribution >= 4 is 0 Å². The maximum absolute atomic E-state index is 2.31. The largest absolute Gasteiger partial charge is 0.0776 e. The van der Waals surface area contributed by atoms with Crippen molar-refractivity contribution in [2.75, 3.05) is 0 Å². The quantitative estimate of drug-likeness (QED) is 0.163. The van der Waals surface area contributed by atoms with Crippen molar-refractivity contribution in [3.63, 3.8) is 0 Å². The van der Waals surface area contributed by atoms with Gasteiger partial charge in [-0.15, -0.1) is 0 Å². The van der Waals surface area contributed by atoms with Gasteiger partial charge in [0, 0.05) is 0 Å². The SMILES string of the molecule is C.Cc1ccc2c(c1)-c1cc(C)ccc1C2.Cc1ccc2c(c1)Cc1cc(C)ccc1-2.Cc1cccc2c1Cc1c(C)cccc1-2. The van der Waals surface area contributed by atoms with E-state index in [2.05, 4.69) is 151 Å². The van der Waals surface area contributed by atoms with Gasteiger partial charge in [-0.25, -0.2) is 0 Å². The predicted molar refractivity (Wildman–Crippen MR) is 199 cm³/mol. The molecule has 0 spiro atoms. The molecule has 0 aliphatic heterocycles. The topological polar surface area (TPSA) is 0 Å². The number of rotatable bonds is 0. The molecule has 0 heteroatoms. The minimum Gasteiger partial charge on any atom is -0.0776 e. The molecule has 0 fully saturated rings. The molecule has 0 N–H and O–H groups in total. The first-order valence-electron chi connectivity index (χ1n) is 16.3. The van der Waals surface area contributed by atoms with E-state index in [1.807, 2.05) is 0 Å². The van der Waals surface area contributed by atoms with Gasteiger partial charge in [-0.05, 0) is 139 Å². The highest BCUT2D eigenvalue weighted by Gasteiger charge is 2.21. The molecule has 3 aliphatic carbocycles. The number of benzene rings is 6. The van der Waals surface area contributed by atoms with E-state index < -0.39 is 0 Å². The van der Waals surface area contributed by atoms with Crippen LogP contribution in [0.1, 0.15) is 74.2 Å². The Bertz CT molecular complexity index is 1940. The molecule has 0 amide bonds. The molecule has 6 aromatic rings. The van der Waals surface area contributed by atoms with E-state index in [-0.39, 0.29) is 7.43 Å². The second-order valence-electron chi connectivity index (χ2n) is 13.4. The third-order valence-electron chi connectivity index (χ3n) is 9.86. The number of fused-ring (bicyclic) bond motifs is 9. The molecular weight excluding hydrogens is 553 g/mol. The second-order valence-corrected chi connectivity index (χ2v) is 13.4. The maximum atomic E-state index is 2.31. The van der Waals surface area contributed by atoms with Crippen LogP contribution in [0.2, 0.25) is 0 Å². The van der Waals surface area contributed by atoms with Crippen molar-refractivity contribution in [3.8, 4) is 33.4 Å². The van der Waals surface area contributed by atoms with Crippen LogP contribution in [0.4, 0.5) is 0 Å². The lowest BCUT2D eigenvalue weighted by Crippen LogP contribution is -1.86. The summed E-state index contributed by atoms with van der Waals surface area (Å²) in [6.07, 6.45) is 3.32. The Labute approximate surface area is 276 Å². The fourth-order valence-electron chi connectivity index (χ4n) is 7.42. The van der Waals surface area contributed by atoms with Crippen molar-refractivity contribution in [1.82, 2.24) is 0 Å². The van der Waals surface area contributed by atoms with Gasteiger partial charge in [0.15, 0.2) is 0 Å². The predicted octanol–water partition coefficient (Wildman–Crippen LogP) is 12.3. The van der Waals surface area contributed by atoms with Crippen LogP contribution in [0.25, 0.3) is 33.4 Å². The summed E-state index contributed by atoms with van der Waals surface area (Å²) in [5, 5.41) is 0. The van der Waals surface area contributed by atoms with Crippen LogP contribution in [0.15, 0.2) is 109 Å². The summed E-state index contributed by atoms with van der Waals surface area (Å²) in [6, 6.07) is 40.3. The highest BCUT2D eigenvalue weighted by Crippen LogP contribution is 2.40. The maximum Gasteiger partial charge on any atom is -0.000820 e. The molecule has 0 atom stereocenters. The lowest BCUT2D eigenvalue weighted by atomic mass is 10.0. The lowest BCUT2D eigenvalue weighted by molar-refractivity contribution is 1.19. The molecule has 3 aliphatic rings. The average molecular weight is 599 g/mol. The van der Waals surface area contributed by atoms with Crippen LogP contribution in [-0.2, 0) is 19.3 Å². The van der Waals surface area contributed by atoms with E-state index in [4.69, 9.17) is 0 Å². The molecule has 9 rings (SSSR count). The van der Waals surface area contributed by atoms with E-state index in [9.17, 15) is 0 Å². The van der Waals surface area contributed by atoms with Crippen molar-refractivity contribution in [3.05, 3.63) is 176 Å². The number of hydrogen-bond acceptors (Lipinski definition) is 0. The molecular formula is C46H46. The fraction of sp³-hybridized carbons (Fsp3) is 0.217. The smallest absolute Gasteiger partial charge is 0.000820 e. The highest BCUT2D eigenvalue weighted by atomic mass is 14.2. The molecule has 6 aromatic carbocycles. The van der Waals surface area contributed by atoms with Crippen molar-refractivity contribution in [1.29, 1.82) is 0 Å². The zero-order valence-electron chi connectivity index (χ0n) is 27.5. The van der Waals surface area contributed by atoms with Crippen LogP contribution in [0, 0.1) is 41.5 Å². The third kappa shape index (κ3) is 5.85. The zero-order valence-corrected chi connectivity index (χ0v) is 27.5. The van der Waals surface area contributed by atoms with Crippen LogP contribution in [0.5, 0.6) is 0 Å². The van der Waals surface area contributed by atoms with Gasteiger partial charge < -0.3 is 0 Å². The molecule has 0 aromatic heterocycles. The number of hydrogen-bond donors (Lipinski definition) is 0. The Morgan fingerprint density at radius 1 is 0.326 bits per heavy atom. The lowest BCUT2D eigenvalue weighted by Gasteiger charge is -2.03. The highest BCUT2D eigenvalue weighted by molar-refractivity contribution is 5.80. The standard InChI is InChI=1S/3C15H14.CH4/c1-10-3-5-14-12(7-10)9-13-8-11(2)4-6-15(13)14;1-10-3-5-12-9-13-6-4-11(2)8-15(13)14(12)7-10;1-10-5-3-7-12-13-8-4-6-11(2)15(13)9-14(10)12;/h3*3-8H,9H2,1-2H3;1H4. The molecule has 0 saturated heterocycles. The molecule has 230 valence electrons. The van der Waals surface area contributed by atoms with Crippen LogP contribution < -0.4 is 0 Å². The minimum atomic E-state index is 0. The first kappa shape index (κ1) is 31.3.